The van der Waals surface area contributed by atoms with Crippen molar-refractivity contribution in [1.29, 1.82) is 0 Å². The number of hydrogen-bond acceptors (Lipinski definition) is 2. The largest absolute Gasteiger partial charge is 0.444 e. The Bertz CT molecular complexity index is 409. The van der Waals surface area contributed by atoms with Crippen molar-refractivity contribution in [1.82, 2.24) is 4.98 Å². The summed E-state index contributed by atoms with van der Waals surface area (Å²) < 4.78 is 6.30. The fourth-order valence-corrected chi connectivity index (χ4v) is 1.40. The molecule has 0 radical (unpaired) electrons. The third kappa shape index (κ3) is 1.65. The molecule has 66 valence electrons. The predicted octanol–water partition coefficient (Wildman–Crippen LogP) is 3.41. The summed E-state index contributed by atoms with van der Waals surface area (Å²) in [6.45, 7) is 2.05. The molecule has 2 aromatic rings. The minimum absolute atomic E-state index is 0.801. The average Bonchev–Trinajstić information content (AvgIpc) is 2.62. The Kier molecular flexibility index (Phi) is 2.19. The van der Waals surface area contributed by atoms with Crippen LogP contribution in [-0.4, -0.2) is 4.98 Å². The predicted molar refractivity (Wildman–Crippen MR) is 54.4 cm³/mol. The molecule has 2 nitrogen and oxygen atoms in total. The summed E-state index contributed by atoms with van der Waals surface area (Å²) >= 11 is 3.45. The van der Waals surface area contributed by atoms with Crippen LogP contribution < -0.4 is 0 Å². The fourth-order valence-electron chi connectivity index (χ4n) is 1.16. The van der Waals surface area contributed by atoms with E-state index in [1.54, 1.807) is 6.20 Å². The van der Waals surface area contributed by atoms with E-state index in [9.17, 15) is 0 Å². The highest BCUT2D eigenvalue weighted by molar-refractivity contribution is 9.10. The zero-order valence-corrected chi connectivity index (χ0v) is 8.71. The van der Waals surface area contributed by atoms with Gasteiger partial charge in [0.2, 0.25) is 0 Å². The van der Waals surface area contributed by atoms with Crippen molar-refractivity contribution < 1.29 is 4.42 Å². The minimum atomic E-state index is 0.801. The molecule has 0 bridgehead atoms. The van der Waals surface area contributed by atoms with E-state index in [0.717, 1.165) is 15.8 Å². The number of benzene rings is 1. The lowest BCUT2D eigenvalue weighted by Gasteiger charge is -2.00. The van der Waals surface area contributed by atoms with Gasteiger partial charge in [-0.25, -0.2) is 4.98 Å². The van der Waals surface area contributed by atoms with Gasteiger partial charge in [0.15, 0.2) is 12.2 Å². The first kappa shape index (κ1) is 8.51. The monoisotopic (exact) mass is 237 g/mol. The molecule has 1 aromatic carbocycles. The molecule has 0 fully saturated rings. The molecular weight excluding hydrogens is 230 g/mol. The molecule has 0 spiro atoms. The maximum absolute atomic E-state index is 5.19. The fraction of sp³-hybridized carbons (Fsp3) is 0.100. The number of aromatic nitrogens is 1. The molecule has 3 heteroatoms. The van der Waals surface area contributed by atoms with Crippen LogP contribution in [0.15, 0.2) is 39.7 Å². The van der Waals surface area contributed by atoms with Crippen LogP contribution in [0.4, 0.5) is 0 Å². The zero-order valence-electron chi connectivity index (χ0n) is 7.12. The molecule has 0 aliphatic heterocycles. The van der Waals surface area contributed by atoms with Gasteiger partial charge in [0.1, 0.15) is 0 Å². The Labute approximate surface area is 84.7 Å². The molecule has 1 aromatic heterocycles. The van der Waals surface area contributed by atoms with Gasteiger partial charge in [0.05, 0.1) is 6.20 Å². The van der Waals surface area contributed by atoms with Crippen LogP contribution in [0, 0.1) is 6.92 Å². The summed E-state index contributed by atoms with van der Waals surface area (Å²) in [5, 5.41) is 0. The number of halogens is 1. The van der Waals surface area contributed by atoms with Gasteiger partial charge in [-0.2, -0.15) is 0 Å². The van der Waals surface area contributed by atoms with E-state index < -0.39 is 0 Å². The summed E-state index contributed by atoms with van der Waals surface area (Å²) in [5.41, 5.74) is 2.24. The minimum Gasteiger partial charge on any atom is -0.444 e. The van der Waals surface area contributed by atoms with E-state index in [0.29, 0.717) is 0 Å². The first-order valence-electron chi connectivity index (χ1n) is 3.92. The van der Waals surface area contributed by atoms with Crippen molar-refractivity contribution in [3.8, 4) is 11.3 Å². The molecule has 0 unspecified atom stereocenters. The lowest BCUT2D eigenvalue weighted by molar-refractivity contribution is 0.572. The van der Waals surface area contributed by atoms with E-state index in [1.165, 1.54) is 12.0 Å². The van der Waals surface area contributed by atoms with Crippen LogP contribution in [-0.2, 0) is 0 Å². The second kappa shape index (κ2) is 3.34. The van der Waals surface area contributed by atoms with Crippen molar-refractivity contribution in [3.63, 3.8) is 0 Å². The van der Waals surface area contributed by atoms with Gasteiger partial charge < -0.3 is 4.42 Å². The second-order valence-corrected chi connectivity index (χ2v) is 3.68. The van der Waals surface area contributed by atoms with Crippen molar-refractivity contribution in [2.45, 2.75) is 6.92 Å². The summed E-state index contributed by atoms with van der Waals surface area (Å²) in [7, 11) is 0. The van der Waals surface area contributed by atoms with Crippen molar-refractivity contribution >= 4 is 15.9 Å². The van der Waals surface area contributed by atoms with Crippen LogP contribution in [0.1, 0.15) is 5.56 Å². The Morgan fingerprint density at radius 3 is 2.85 bits per heavy atom. The number of oxazole rings is 1. The molecular formula is C10H8BrNO. The molecule has 1 heterocycles. The number of nitrogens with zero attached hydrogens (tertiary/aromatic N) is 1. The van der Waals surface area contributed by atoms with Gasteiger partial charge in [-0.1, -0.05) is 22.0 Å². The molecule has 0 aliphatic carbocycles. The van der Waals surface area contributed by atoms with Crippen LogP contribution >= 0.6 is 15.9 Å². The standard InChI is InChI=1S/C10H8BrNO/c1-7-4-8(2-3-9(7)11)10-5-12-6-13-10/h2-6H,1H3. The van der Waals surface area contributed by atoms with Gasteiger partial charge >= 0.3 is 0 Å². The van der Waals surface area contributed by atoms with Crippen LogP contribution in [0.25, 0.3) is 11.3 Å². The third-order valence-corrected chi connectivity index (χ3v) is 2.76. The van der Waals surface area contributed by atoms with Gasteiger partial charge in [-0.15, -0.1) is 0 Å². The van der Waals surface area contributed by atoms with Gasteiger partial charge in [-0.05, 0) is 24.6 Å². The third-order valence-electron chi connectivity index (χ3n) is 1.87. The normalized spacial score (nSPS) is 10.3. The first-order valence-corrected chi connectivity index (χ1v) is 4.71. The summed E-state index contributed by atoms with van der Waals surface area (Å²) in [6, 6.07) is 6.06. The first-order chi connectivity index (χ1) is 6.27. The molecule has 0 saturated carbocycles. The van der Waals surface area contributed by atoms with E-state index in [1.807, 2.05) is 19.1 Å². The molecule has 0 amide bonds. The van der Waals surface area contributed by atoms with Crippen LogP contribution in [0.5, 0.6) is 0 Å². The Balaban J connectivity index is 2.49. The van der Waals surface area contributed by atoms with Crippen LogP contribution in [0.3, 0.4) is 0 Å². The average molecular weight is 238 g/mol. The highest BCUT2D eigenvalue weighted by Crippen LogP contribution is 2.24. The SMILES string of the molecule is Cc1cc(-c2cnco2)ccc1Br. The second-order valence-electron chi connectivity index (χ2n) is 2.83. The highest BCUT2D eigenvalue weighted by atomic mass is 79.9. The highest BCUT2D eigenvalue weighted by Gasteiger charge is 2.02. The van der Waals surface area contributed by atoms with Crippen molar-refractivity contribution in [2.75, 3.05) is 0 Å². The van der Waals surface area contributed by atoms with Gasteiger partial charge in [0, 0.05) is 10.0 Å². The number of hydrogen-bond donors (Lipinski definition) is 0. The number of aryl methyl sites for hydroxylation is 1. The topological polar surface area (TPSA) is 26.0 Å². The van der Waals surface area contributed by atoms with Gasteiger partial charge in [0.25, 0.3) is 0 Å². The van der Waals surface area contributed by atoms with Crippen molar-refractivity contribution in [3.05, 3.63) is 40.8 Å². The maximum atomic E-state index is 5.19. The molecule has 0 N–H and O–H groups in total. The van der Waals surface area contributed by atoms with E-state index in [-0.39, 0.29) is 0 Å². The maximum Gasteiger partial charge on any atom is 0.181 e. The van der Waals surface area contributed by atoms with Crippen LogP contribution in [0.2, 0.25) is 0 Å². The summed E-state index contributed by atoms with van der Waals surface area (Å²) in [4.78, 5) is 3.87. The summed E-state index contributed by atoms with van der Waals surface area (Å²) in [5.74, 6) is 0.801. The lowest BCUT2D eigenvalue weighted by atomic mass is 10.1. The molecule has 13 heavy (non-hydrogen) atoms. The molecule has 0 saturated heterocycles. The van der Waals surface area contributed by atoms with Crippen molar-refractivity contribution in [2.24, 2.45) is 0 Å². The van der Waals surface area contributed by atoms with Gasteiger partial charge in [-0.3, -0.25) is 0 Å². The Hall–Kier alpha value is -1.09. The molecule has 0 aliphatic rings. The lowest BCUT2D eigenvalue weighted by Crippen LogP contribution is -1.78. The van der Waals surface area contributed by atoms with E-state index >= 15 is 0 Å². The molecule has 0 atom stereocenters. The Morgan fingerprint density at radius 1 is 1.38 bits per heavy atom. The molecule has 2 rings (SSSR count). The Morgan fingerprint density at radius 2 is 2.23 bits per heavy atom. The summed E-state index contributed by atoms with van der Waals surface area (Å²) in [6.07, 6.45) is 3.15. The van der Waals surface area contributed by atoms with E-state index in [4.69, 9.17) is 4.42 Å². The number of rotatable bonds is 1. The zero-order chi connectivity index (χ0) is 9.26. The van der Waals surface area contributed by atoms with E-state index in [2.05, 4.69) is 27.0 Å². The quantitative estimate of drug-likeness (QED) is 0.760. The smallest absolute Gasteiger partial charge is 0.181 e.